The third kappa shape index (κ3) is 5.84. The summed E-state index contributed by atoms with van der Waals surface area (Å²) < 4.78 is 11.4. The van der Waals surface area contributed by atoms with E-state index in [0.29, 0.717) is 31.0 Å². The standard InChI is InChI=1S/C29H35N9O3/c1-17-23(14-31-35-17)34-28-30-10-7-22(33-28)19-5-6-21-18(13-19)8-11-38(20-9-12-40-16-20)15-24(21)32-25(39)26-36-37-27(41-26)29(2,3)4/h5-7,10,13-14,20,24H,8-9,11-12,15-16H2,1-4H3,(H,31,35)(H,32,39)(H,30,33,34)/t20-,24+/m1/s1. The molecule has 4 aromatic rings. The number of anilines is 2. The van der Waals surface area contributed by atoms with Crippen molar-refractivity contribution in [3.63, 3.8) is 0 Å². The Balaban J connectivity index is 1.28. The Bertz CT molecular complexity index is 1530. The van der Waals surface area contributed by atoms with Gasteiger partial charge in [0.15, 0.2) is 0 Å². The van der Waals surface area contributed by atoms with Crippen molar-refractivity contribution in [3.05, 3.63) is 65.3 Å². The highest BCUT2D eigenvalue weighted by Gasteiger charge is 2.32. The number of carbonyl (C=O) groups is 1. The third-order valence-electron chi connectivity index (χ3n) is 7.62. The second-order valence-electron chi connectivity index (χ2n) is 11.7. The molecule has 2 aliphatic rings. The minimum Gasteiger partial charge on any atom is -0.416 e. The summed E-state index contributed by atoms with van der Waals surface area (Å²) in [5.74, 6) is 0.522. The number of aromatic nitrogens is 6. The number of carbonyl (C=O) groups excluding carboxylic acids is 1. The van der Waals surface area contributed by atoms with Gasteiger partial charge in [-0.15, -0.1) is 10.2 Å². The van der Waals surface area contributed by atoms with Gasteiger partial charge in [-0.3, -0.25) is 14.8 Å². The molecule has 1 saturated heterocycles. The van der Waals surface area contributed by atoms with Gasteiger partial charge in [-0.25, -0.2) is 9.97 Å². The molecule has 0 aliphatic carbocycles. The summed E-state index contributed by atoms with van der Waals surface area (Å²) >= 11 is 0. The number of aromatic amines is 1. The molecule has 2 atom stereocenters. The Kier molecular flexibility index (Phi) is 7.26. The van der Waals surface area contributed by atoms with Crippen LogP contribution in [-0.2, 0) is 16.6 Å². The summed E-state index contributed by atoms with van der Waals surface area (Å²) in [6.07, 6.45) is 5.27. The van der Waals surface area contributed by atoms with Gasteiger partial charge in [0.2, 0.25) is 11.8 Å². The third-order valence-corrected chi connectivity index (χ3v) is 7.62. The van der Waals surface area contributed by atoms with Gasteiger partial charge < -0.3 is 19.8 Å². The topological polar surface area (TPSA) is 147 Å². The maximum absolute atomic E-state index is 13.3. The highest BCUT2D eigenvalue weighted by Crippen LogP contribution is 2.31. The van der Waals surface area contributed by atoms with Crippen molar-refractivity contribution in [1.29, 1.82) is 0 Å². The van der Waals surface area contributed by atoms with Crippen LogP contribution in [0.1, 0.15) is 66.6 Å². The zero-order valence-electron chi connectivity index (χ0n) is 23.8. The smallest absolute Gasteiger partial charge is 0.309 e. The van der Waals surface area contributed by atoms with Crippen LogP contribution < -0.4 is 10.6 Å². The van der Waals surface area contributed by atoms with Crippen molar-refractivity contribution >= 4 is 17.5 Å². The molecule has 2 aliphatic heterocycles. The summed E-state index contributed by atoms with van der Waals surface area (Å²) in [6, 6.07) is 8.27. The first-order valence-electron chi connectivity index (χ1n) is 13.9. The van der Waals surface area contributed by atoms with Crippen LogP contribution in [0.3, 0.4) is 0 Å². The van der Waals surface area contributed by atoms with Gasteiger partial charge in [-0.05, 0) is 43.0 Å². The van der Waals surface area contributed by atoms with Crippen LogP contribution in [0.15, 0.2) is 41.1 Å². The molecule has 1 aromatic carbocycles. The van der Waals surface area contributed by atoms with Gasteiger partial charge in [0.25, 0.3) is 0 Å². The average molecular weight is 558 g/mol. The van der Waals surface area contributed by atoms with E-state index in [9.17, 15) is 4.79 Å². The van der Waals surface area contributed by atoms with Gasteiger partial charge in [0.05, 0.1) is 35.9 Å². The number of ether oxygens (including phenoxy) is 1. The molecule has 5 heterocycles. The minimum atomic E-state index is -0.376. The minimum absolute atomic E-state index is 0.0260. The number of H-pyrrole nitrogens is 1. The summed E-state index contributed by atoms with van der Waals surface area (Å²) in [4.78, 5) is 24.9. The molecule has 0 spiro atoms. The van der Waals surface area contributed by atoms with E-state index in [1.54, 1.807) is 12.4 Å². The fraction of sp³-hybridized carbons (Fsp3) is 0.448. The Morgan fingerprint density at radius 2 is 2.07 bits per heavy atom. The second-order valence-corrected chi connectivity index (χ2v) is 11.7. The molecule has 6 rings (SSSR count). The summed E-state index contributed by atoms with van der Waals surface area (Å²) in [5, 5.41) is 21.5. The van der Waals surface area contributed by atoms with E-state index in [4.69, 9.17) is 14.1 Å². The molecule has 12 heteroatoms. The van der Waals surface area contributed by atoms with Crippen LogP contribution in [0.4, 0.5) is 11.6 Å². The van der Waals surface area contributed by atoms with Crippen molar-refractivity contribution in [2.24, 2.45) is 0 Å². The zero-order chi connectivity index (χ0) is 28.6. The van der Waals surface area contributed by atoms with E-state index in [1.165, 1.54) is 0 Å². The maximum atomic E-state index is 13.3. The largest absolute Gasteiger partial charge is 0.416 e. The number of benzene rings is 1. The molecule has 3 N–H and O–H groups in total. The van der Waals surface area contributed by atoms with Crippen molar-refractivity contribution in [2.45, 2.75) is 58.0 Å². The van der Waals surface area contributed by atoms with E-state index in [-0.39, 0.29) is 23.3 Å². The molecule has 214 valence electrons. The number of nitrogens with zero attached hydrogens (tertiary/aromatic N) is 6. The highest BCUT2D eigenvalue weighted by molar-refractivity contribution is 5.89. The lowest BCUT2D eigenvalue weighted by Gasteiger charge is -2.29. The molecule has 1 fully saturated rings. The Morgan fingerprint density at radius 3 is 2.80 bits per heavy atom. The maximum Gasteiger partial charge on any atom is 0.309 e. The lowest BCUT2D eigenvalue weighted by atomic mass is 9.96. The molecule has 0 unspecified atom stereocenters. The number of amides is 1. The van der Waals surface area contributed by atoms with Crippen LogP contribution in [0.25, 0.3) is 11.3 Å². The second kappa shape index (κ2) is 11.0. The van der Waals surface area contributed by atoms with Crippen molar-refractivity contribution in [2.75, 3.05) is 31.6 Å². The highest BCUT2D eigenvalue weighted by atomic mass is 16.5. The molecule has 3 aromatic heterocycles. The average Bonchev–Trinajstić information content (AvgIpc) is 3.72. The number of fused-ring (bicyclic) bond motifs is 1. The normalized spacial score (nSPS) is 19.5. The molecule has 0 saturated carbocycles. The lowest BCUT2D eigenvalue weighted by molar-refractivity contribution is 0.0873. The zero-order valence-corrected chi connectivity index (χ0v) is 23.8. The van der Waals surface area contributed by atoms with E-state index < -0.39 is 0 Å². The van der Waals surface area contributed by atoms with E-state index in [0.717, 1.165) is 59.8 Å². The number of nitrogens with one attached hydrogen (secondary N) is 3. The fourth-order valence-corrected chi connectivity index (χ4v) is 5.29. The van der Waals surface area contributed by atoms with Gasteiger partial charge in [0.1, 0.15) is 0 Å². The molecule has 41 heavy (non-hydrogen) atoms. The molecule has 1 amide bonds. The van der Waals surface area contributed by atoms with Crippen LogP contribution in [0, 0.1) is 6.92 Å². The number of hydrogen-bond donors (Lipinski definition) is 3. The lowest BCUT2D eigenvalue weighted by Crippen LogP contribution is -2.42. The molecular formula is C29H35N9O3. The van der Waals surface area contributed by atoms with Crippen LogP contribution in [-0.4, -0.2) is 73.5 Å². The SMILES string of the molecule is Cc1[nH]ncc1Nc1nccc(-c2ccc3c(c2)CCN([C@@H]2CCOC2)C[C@@H]3NC(=O)c2nnc(C(C)(C)C)o2)n1. The summed E-state index contributed by atoms with van der Waals surface area (Å²) in [6.45, 7) is 10.8. The van der Waals surface area contributed by atoms with Gasteiger partial charge in [0, 0.05) is 42.9 Å². The quantitative estimate of drug-likeness (QED) is 0.320. The van der Waals surface area contributed by atoms with Gasteiger partial charge in [-0.2, -0.15) is 5.10 Å². The fourth-order valence-electron chi connectivity index (χ4n) is 5.29. The van der Waals surface area contributed by atoms with Crippen molar-refractivity contribution in [3.8, 4) is 11.3 Å². The van der Waals surface area contributed by atoms with E-state index in [1.807, 2.05) is 39.8 Å². The first-order valence-corrected chi connectivity index (χ1v) is 13.9. The molecule has 0 radical (unpaired) electrons. The van der Waals surface area contributed by atoms with Crippen molar-refractivity contribution < 1.29 is 13.9 Å². The number of hydrogen-bond acceptors (Lipinski definition) is 10. The van der Waals surface area contributed by atoms with Crippen LogP contribution in [0.5, 0.6) is 0 Å². The van der Waals surface area contributed by atoms with E-state index in [2.05, 4.69) is 53.0 Å². The first kappa shape index (κ1) is 27.0. The summed E-state index contributed by atoms with van der Waals surface area (Å²) in [5.41, 5.74) is 5.41. The molecule has 0 bridgehead atoms. The van der Waals surface area contributed by atoms with Gasteiger partial charge in [-0.1, -0.05) is 32.9 Å². The first-order chi connectivity index (χ1) is 19.7. The van der Waals surface area contributed by atoms with Gasteiger partial charge >= 0.3 is 11.8 Å². The van der Waals surface area contributed by atoms with Crippen LogP contribution >= 0.6 is 0 Å². The Hall–Kier alpha value is -4.16. The van der Waals surface area contributed by atoms with E-state index >= 15 is 0 Å². The monoisotopic (exact) mass is 557 g/mol. The Labute approximate surface area is 238 Å². The molecule has 12 nitrogen and oxygen atoms in total. The predicted molar refractivity (Wildman–Crippen MR) is 152 cm³/mol. The predicted octanol–water partition coefficient (Wildman–Crippen LogP) is 3.72. The van der Waals surface area contributed by atoms with Crippen molar-refractivity contribution in [1.82, 2.24) is 40.6 Å². The summed E-state index contributed by atoms with van der Waals surface area (Å²) in [7, 11) is 0. The number of aryl methyl sites for hydroxylation is 1. The van der Waals surface area contributed by atoms with Crippen LogP contribution in [0.2, 0.25) is 0 Å². The molecular weight excluding hydrogens is 522 g/mol. The number of rotatable bonds is 6. The Morgan fingerprint density at radius 1 is 1.20 bits per heavy atom.